The highest BCUT2D eigenvalue weighted by Crippen LogP contribution is 2.06. The Hall–Kier alpha value is -1.65. The first-order valence-corrected chi connectivity index (χ1v) is 5.64. The molecule has 1 atom stereocenters. The summed E-state index contributed by atoms with van der Waals surface area (Å²) in [4.78, 5) is 0. The fourth-order valence-corrected chi connectivity index (χ4v) is 1.89. The maximum atomic E-state index is 10.1. The molecule has 2 N–H and O–H groups in total. The van der Waals surface area contributed by atoms with E-state index in [2.05, 4.69) is 5.32 Å². The van der Waals surface area contributed by atoms with Gasteiger partial charge in [-0.15, -0.1) is 0 Å². The van der Waals surface area contributed by atoms with Gasteiger partial charge in [-0.2, -0.15) is 0 Å². The number of aliphatic hydroxyl groups excluding tert-OH is 1. The Morgan fingerprint density at radius 2 is 2.06 bits per heavy atom. The van der Waals surface area contributed by atoms with E-state index in [1.54, 1.807) is 0 Å². The van der Waals surface area contributed by atoms with E-state index in [9.17, 15) is 5.11 Å². The Labute approximate surface area is 101 Å². The van der Waals surface area contributed by atoms with Crippen molar-refractivity contribution in [1.29, 1.82) is 0 Å². The Morgan fingerprint density at radius 1 is 1.35 bits per heavy atom. The number of nitrogens with zero attached hydrogens (tertiary/aromatic N) is 2. The van der Waals surface area contributed by atoms with Crippen LogP contribution in [0, 0.1) is 0 Å². The maximum Gasteiger partial charge on any atom is 0.300 e. The zero-order chi connectivity index (χ0) is 12.3. The van der Waals surface area contributed by atoms with E-state index >= 15 is 0 Å². The molecule has 0 aliphatic rings. The summed E-state index contributed by atoms with van der Waals surface area (Å²) in [5, 5.41) is 13.2. The molecule has 0 aliphatic heterocycles. The van der Waals surface area contributed by atoms with Crippen LogP contribution < -0.4 is 9.88 Å². The summed E-state index contributed by atoms with van der Waals surface area (Å²) in [5.41, 5.74) is 1.16. The molecule has 0 fully saturated rings. The van der Waals surface area contributed by atoms with Crippen LogP contribution in [-0.4, -0.2) is 9.67 Å². The van der Waals surface area contributed by atoms with Crippen molar-refractivity contribution in [3.05, 3.63) is 54.1 Å². The molecule has 4 nitrogen and oxygen atoms in total. The highest BCUT2D eigenvalue weighted by Gasteiger charge is 2.20. The maximum absolute atomic E-state index is 10.1. The van der Waals surface area contributed by atoms with Crippen LogP contribution in [0.3, 0.4) is 0 Å². The van der Waals surface area contributed by atoms with Crippen molar-refractivity contribution in [1.82, 2.24) is 9.88 Å². The normalized spacial score (nSPS) is 12.6. The van der Waals surface area contributed by atoms with Gasteiger partial charge in [0.2, 0.25) is 6.23 Å². The number of imidazole rings is 1. The van der Waals surface area contributed by atoms with Crippen LogP contribution in [0.15, 0.2) is 42.7 Å². The average Bonchev–Trinajstić information content (AvgIpc) is 2.67. The van der Waals surface area contributed by atoms with Gasteiger partial charge in [0.1, 0.15) is 12.4 Å². The van der Waals surface area contributed by atoms with Crippen molar-refractivity contribution in [2.24, 2.45) is 14.1 Å². The van der Waals surface area contributed by atoms with Crippen LogP contribution in [0.4, 0.5) is 0 Å². The number of rotatable bonds is 4. The largest absolute Gasteiger partial charge is 0.368 e. The van der Waals surface area contributed by atoms with Crippen LogP contribution in [0.2, 0.25) is 0 Å². The van der Waals surface area contributed by atoms with Gasteiger partial charge in [0.15, 0.2) is 0 Å². The third kappa shape index (κ3) is 2.72. The van der Waals surface area contributed by atoms with E-state index in [4.69, 9.17) is 0 Å². The molecule has 0 aliphatic carbocycles. The van der Waals surface area contributed by atoms with Crippen molar-refractivity contribution in [2.45, 2.75) is 12.8 Å². The van der Waals surface area contributed by atoms with Crippen LogP contribution in [0.25, 0.3) is 0 Å². The number of aromatic nitrogens is 2. The molecule has 0 saturated carbocycles. The lowest BCUT2D eigenvalue weighted by molar-refractivity contribution is -0.683. The van der Waals surface area contributed by atoms with E-state index in [0.29, 0.717) is 6.54 Å². The summed E-state index contributed by atoms with van der Waals surface area (Å²) in [6.45, 7) is 0.646. The monoisotopic (exact) mass is 232 g/mol. The smallest absolute Gasteiger partial charge is 0.300 e. The number of hydrogen-bond donors (Lipinski definition) is 2. The van der Waals surface area contributed by atoms with Crippen LogP contribution in [-0.2, 0) is 20.6 Å². The number of aryl methyl sites for hydroxylation is 2. The molecule has 0 spiro atoms. The summed E-state index contributed by atoms with van der Waals surface area (Å²) in [6.07, 6.45) is 3.17. The molecule has 0 radical (unpaired) electrons. The first-order chi connectivity index (χ1) is 8.18. The van der Waals surface area contributed by atoms with Crippen molar-refractivity contribution in [3.63, 3.8) is 0 Å². The molecule has 90 valence electrons. The molecule has 1 heterocycles. The quantitative estimate of drug-likeness (QED) is 0.599. The highest BCUT2D eigenvalue weighted by molar-refractivity contribution is 5.14. The molecular weight excluding hydrogens is 214 g/mol. The molecule has 0 bridgehead atoms. The topological polar surface area (TPSA) is 41.1 Å². The van der Waals surface area contributed by atoms with Gasteiger partial charge in [-0.05, 0) is 5.56 Å². The fourth-order valence-electron chi connectivity index (χ4n) is 1.89. The minimum absolute atomic E-state index is 0.646. The van der Waals surface area contributed by atoms with Crippen molar-refractivity contribution in [2.75, 3.05) is 0 Å². The van der Waals surface area contributed by atoms with Crippen LogP contribution >= 0.6 is 0 Å². The zero-order valence-corrected chi connectivity index (χ0v) is 10.2. The summed E-state index contributed by atoms with van der Waals surface area (Å²) < 4.78 is 3.81. The average molecular weight is 232 g/mol. The molecule has 1 unspecified atom stereocenters. The van der Waals surface area contributed by atoms with Gasteiger partial charge < -0.3 is 5.11 Å². The molecule has 0 amide bonds. The number of hydrogen-bond acceptors (Lipinski definition) is 2. The highest BCUT2D eigenvalue weighted by atomic mass is 16.3. The predicted molar refractivity (Wildman–Crippen MR) is 64.8 cm³/mol. The minimum Gasteiger partial charge on any atom is -0.368 e. The number of nitrogens with one attached hydrogen (secondary N) is 1. The predicted octanol–water partition coefficient (Wildman–Crippen LogP) is 0.630. The second-order valence-corrected chi connectivity index (χ2v) is 4.15. The molecular formula is C13H18N3O+. The van der Waals surface area contributed by atoms with Gasteiger partial charge in [-0.25, -0.2) is 9.13 Å². The number of benzene rings is 1. The fraction of sp³-hybridized carbons (Fsp3) is 0.308. The summed E-state index contributed by atoms with van der Waals surface area (Å²) in [6, 6.07) is 10.0. The Kier molecular flexibility index (Phi) is 3.56. The Bertz CT molecular complexity index is 459. The third-order valence-electron chi connectivity index (χ3n) is 2.82. The van der Waals surface area contributed by atoms with Crippen molar-refractivity contribution < 1.29 is 9.67 Å². The Balaban J connectivity index is 2.01. The second kappa shape index (κ2) is 5.12. The second-order valence-electron chi connectivity index (χ2n) is 4.15. The SMILES string of the molecule is Cn1cc[n+](C)c1C(O)NCc1ccccc1. The summed E-state index contributed by atoms with van der Waals surface area (Å²) in [7, 11) is 3.84. The van der Waals surface area contributed by atoms with Crippen LogP contribution in [0.5, 0.6) is 0 Å². The standard InChI is InChI=1S/C13H18N3O/c1-15-8-9-16(2)13(15)12(17)14-10-11-6-4-3-5-7-11/h3-9,12,14,17H,10H2,1-2H3/q+1. The van der Waals surface area contributed by atoms with Gasteiger partial charge in [0.25, 0.3) is 0 Å². The van der Waals surface area contributed by atoms with E-state index in [0.717, 1.165) is 11.4 Å². The van der Waals surface area contributed by atoms with Crippen LogP contribution in [0.1, 0.15) is 17.6 Å². The summed E-state index contributed by atoms with van der Waals surface area (Å²) >= 11 is 0. The lowest BCUT2D eigenvalue weighted by Crippen LogP contribution is -2.38. The third-order valence-corrected chi connectivity index (χ3v) is 2.82. The molecule has 0 saturated heterocycles. The lowest BCUT2D eigenvalue weighted by Gasteiger charge is -2.10. The van der Waals surface area contributed by atoms with Crippen molar-refractivity contribution >= 4 is 0 Å². The van der Waals surface area contributed by atoms with E-state index in [1.165, 1.54) is 0 Å². The van der Waals surface area contributed by atoms with Gasteiger partial charge in [0.05, 0.1) is 14.1 Å². The molecule has 1 aromatic carbocycles. The molecule has 2 rings (SSSR count). The van der Waals surface area contributed by atoms with E-state index in [1.807, 2.05) is 66.0 Å². The Morgan fingerprint density at radius 3 is 2.65 bits per heavy atom. The van der Waals surface area contributed by atoms with Gasteiger partial charge in [-0.3, -0.25) is 5.32 Å². The molecule has 2 aromatic rings. The molecule has 1 aromatic heterocycles. The van der Waals surface area contributed by atoms with E-state index < -0.39 is 6.23 Å². The van der Waals surface area contributed by atoms with Gasteiger partial charge >= 0.3 is 5.82 Å². The van der Waals surface area contributed by atoms with Crippen molar-refractivity contribution in [3.8, 4) is 0 Å². The van der Waals surface area contributed by atoms with Gasteiger partial charge in [0, 0.05) is 6.54 Å². The number of aliphatic hydroxyl groups is 1. The van der Waals surface area contributed by atoms with Gasteiger partial charge in [-0.1, -0.05) is 30.3 Å². The zero-order valence-electron chi connectivity index (χ0n) is 10.2. The minimum atomic E-state index is -0.666. The molecule has 17 heavy (non-hydrogen) atoms. The molecule has 4 heteroatoms. The summed E-state index contributed by atoms with van der Waals surface area (Å²) in [5.74, 6) is 0.834. The van der Waals surface area contributed by atoms with E-state index in [-0.39, 0.29) is 0 Å². The first kappa shape index (κ1) is 11.8. The first-order valence-electron chi connectivity index (χ1n) is 5.64. The lowest BCUT2D eigenvalue weighted by atomic mass is 10.2.